The van der Waals surface area contributed by atoms with Gasteiger partial charge in [0, 0.05) is 13.1 Å². The number of nitrogens with zero attached hydrogens (tertiary/aromatic N) is 1. The highest BCUT2D eigenvalue weighted by Gasteiger charge is 2.70. The van der Waals surface area contributed by atoms with Crippen molar-refractivity contribution in [2.75, 3.05) is 18.8 Å². The Kier molecular flexibility index (Phi) is 11.2. The quantitative estimate of drug-likeness (QED) is 0.164. The lowest BCUT2D eigenvalue weighted by atomic mass is 9.70. The minimum absolute atomic E-state index is 0.0799. The predicted molar refractivity (Wildman–Crippen MR) is 198 cm³/mol. The van der Waals surface area contributed by atoms with Crippen molar-refractivity contribution in [3.63, 3.8) is 0 Å². The van der Waals surface area contributed by atoms with Crippen LogP contribution >= 0.6 is 0 Å². The molecule has 5 amide bonds. The molecular formula is C39H61N5O7S. The van der Waals surface area contributed by atoms with Crippen LogP contribution in [0.4, 0.5) is 4.79 Å². The Morgan fingerprint density at radius 1 is 0.865 bits per heavy atom. The van der Waals surface area contributed by atoms with Crippen LogP contribution in [-0.4, -0.2) is 90.6 Å². The number of carbonyl (C=O) groups excluding carboxylic acids is 5. The standard InChI is InChI=1S/C39H61N5O7S/c1-5-21-40-34(47)31(45)27(23-25-15-16-25)41-33(46)30-29-26(37(29,2)3)24-44(30)35(48)32(38(4)17-9-6-10-18-38)42-36(49)43-39(19-11-7-12-20-39)28-14-8-13-22-52(28,50)51/h5,25-30,32H,1,6-24H2,2-4H3,(H,40,47)(H,41,46)(H2,42,43,49)/t26-,27-,28?,29-,30-,32+/m0/s1. The van der Waals surface area contributed by atoms with Crippen LogP contribution in [0.1, 0.15) is 124 Å². The van der Waals surface area contributed by atoms with Gasteiger partial charge in [0.15, 0.2) is 9.84 Å². The SMILES string of the molecule is C=CCNC(=O)C(=O)[C@H](CC1CC1)NC(=O)[C@@H]1[C@@H]2[C@H](CN1C(=O)[C@@H](NC(=O)NC1(C3CCCCS3(=O)=O)CCCCC1)C1(C)CCCCC1)C2(C)C. The minimum Gasteiger partial charge on any atom is -0.346 e. The largest absolute Gasteiger partial charge is 0.346 e. The first-order valence-electron chi connectivity index (χ1n) is 20.0. The van der Waals surface area contributed by atoms with Gasteiger partial charge in [-0.25, -0.2) is 13.2 Å². The maximum Gasteiger partial charge on any atom is 0.315 e. The van der Waals surface area contributed by atoms with Crippen LogP contribution in [-0.2, 0) is 29.0 Å². The number of amides is 5. The summed E-state index contributed by atoms with van der Waals surface area (Å²) < 4.78 is 26.8. The Balaban J connectivity index is 1.25. The van der Waals surface area contributed by atoms with Gasteiger partial charge in [-0.3, -0.25) is 19.2 Å². The third-order valence-corrected chi connectivity index (χ3v) is 16.2. The molecule has 0 bridgehead atoms. The van der Waals surface area contributed by atoms with Crippen molar-refractivity contribution in [2.24, 2.45) is 28.6 Å². The molecule has 0 spiro atoms. The van der Waals surface area contributed by atoms with Gasteiger partial charge in [-0.05, 0) is 73.5 Å². The van der Waals surface area contributed by atoms with E-state index in [1.165, 1.54) is 6.08 Å². The Hall–Kier alpha value is -2.96. The molecule has 4 N–H and O–H groups in total. The Morgan fingerprint density at radius 2 is 1.52 bits per heavy atom. The summed E-state index contributed by atoms with van der Waals surface area (Å²) in [5.74, 6) is -1.90. The van der Waals surface area contributed by atoms with E-state index in [0.717, 1.165) is 70.6 Å². The van der Waals surface area contributed by atoms with E-state index >= 15 is 0 Å². The molecule has 0 aromatic carbocycles. The van der Waals surface area contributed by atoms with Gasteiger partial charge in [0.2, 0.25) is 17.6 Å². The first-order valence-corrected chi connectivity index (χ1v) is 21.7. The number of Topliss-reactive ketones (excluding diaryl/α,β-unsaturated/α-hetero) is 1. The smallest absolute Gasteiger partial charge is 0.315 e. The van der Waals surface area contributed by atoms with Crippen molar-refractivity contribution in [1.82, 2.24) is 26.2 Å². The van der Waals surface area contributed by atoms with E-state index in [1.807, 2.05) is 6.92 Å². The number of piperidine rings is 1. The lowest BCUT2D eigenvalue weighted by molar-refractivity contribution is -0.146. The van der Waals surface area contributed by atoms with Crippen molar-refractivity contribution in [2.45, 2.75) is 152 Å². The van der Waals surface area contributed by atoms with E-state index in [1.54, 1.807) is 4.90 Å². The fourth-order valence-electron chi connectivity index (χ4n) is 10.4. The fourth-order valence-corrected chi connectivity index (χ4v) is 12.8. The molecule has 12 nitrogen and oxygen atoms in total. The highest BCUT2D eigenvalue weighted by atomic mass is 32.2. The van der Waals surface area contributed by atoms with Crippen molar-refractivity contribution in [3.8, 4) is 0 Å². The number of nitrogens with one attached hydrogen (secondary N) is 4. The number of sulfone groups is 1. The number of rotatable bonds is 13. The summed E-state index contributed by atoms with van der Waals surface area (Å²) in [5, 5.41) is 11.1. The number of carbonyl (C=O) groups is 5. The number of hydrogen-bond donors (Lipinski definition) is 4. The first kappa shape index (κ1) is 38.8. The van der Waals surface area contributed by atoms with Crippen LogP contribution in [0.3, 0.4) is 0 Å². The van der Waals surface area contributed by atoms with Gasteiger partial charge in [-0.2, -0.15) is 0 Å². The van der Waals surface area contributed by atoms with Crippen molar-refractivity contribution >= 4 is 39.4 Å². The van der Waals surface area contributed by atoms with E-state index in [4.69, 9.17) is 0 Å². The molecule has 1 unspecified atom stereocenters. The number of urea groups is 1. The van der Waals surface area contributed by atoms with E-state index in [2.05, 4.69) is 41.7 Å². The highest BCUT2D eigenvalue weighted by Crippen LogP contribution is 2.65. The maximum atomic E-state index is 15.0. The molecule has 6 rings (SSSR count). The third kappa shape index (κ3) is 7.80. The van der Waals surface area contributed by atoms with Crippen LogP contribution in [0.25, 0.3) is 0 Å². The predicted octanol–water partition coefficient (Wildman–Crippen LogP) is 3.93. The van der Waals surface area contributed by atoms with Crippen LogP contribution in [0.15, 0.2) is 12.7 Å². The molecular weight excluding hydrogens is 683 g/mol. The average molecular weight is 744 g/mol. The van der Waals surface area contributed by atoms with E-state index in [-0.39, 0.29) is 41.4 Å². The summed E-state index contributed by atoms with van der Waals surface area (Å²) in [5.41, 5.74) is -1.64. The molecule has 0 aromatic rings. The van der Waals surface area contributed by atoms with Gasteiger partial charge in [-0.1, -0.05) is 84.6 Å². The van der Waals surface area contributed by atoms with Gasteiger partial charge in [-0.15, -0.1) is 6.58 Å². The maximum absolute atomic E-state index is 15.0. The summed E-state index contributed by atoms with van der Waals surface area (Å²) in [6.45, 7) is 10.3. The average Bonchev–Trinajstić information content (AvgIpc) is 3.96. The molecule has 0 radical (unpaired) electrons. The van der Waals surface area contributed by atoms with E-state index < -0.39 is 67.8 Å². The summed E-state index contributed by atoms with van der Waals surface area (Å²) in [6.07, 6.45) is 13.8. The lowest BCUT2D eigenvalue weighted by Crippen LogP contribution is -2.66. The molecule has 0 aromatic heterocycles. The van der Waals surface area contributed by atoms with Crippen LogP contribution in [0.5, 0.6) is 0 Å². The molecule has 52 heavy (non-hydrogen) atoms. The van der Waals surface area contributed by atoms with Gasteiger partial charge >= 0.3 is 6.03 Å². The second-order valence-corrected chi connectivity index (χ2v) is 20.1. The number of hydrogen-bond acceptors (Lipinski definition) is 7. The van der Waals surface area contributed by atoms with Crippen LogP contribution in [0.2, 0.25) is 0 Å². The molecule has 6 atom stereocenters. The Labute approximate surface area is 309 Å². The highest BCUT2D eigenvalue weighted by molar-refractivity contribution is 7.92. The molecule has 4 aliphatic carbocycles. The number of likely N-dealkylation sites (tertiary alicyclic amines) is 1. The molecule has 6 fully saturated rings. The van der Waals surface area contributed by atoms with Gasteiger partial charge in [0.1, 0.15) is 12.1 Å². The van der Waals surface area contributed by atoms with Gasteiger partial charge in [0.25, 0.3) is 5.91 Å². The van der Waals surface area contributed by atoms with E-state index in [9.17, 15) is 32.4 Å². The number of ketones is 1. The van der Waals surface area contributed by atoms with Gasteiger partial charge in [0.05, 0.1) is 22.6 Å². The van der Waals surface area contributed by atoms with Crippen molar-refractivity contribution in [3.05, 3.63) is 12.7 Å². The second-order valence-electron chi connectivity index (χ2n) is 17.8. The second kappa shape index (κ2) is 15.1. The third-order valence-electron chi connectivity index (χ3n) is 13.8. The molecule has 2 heterocycles. The molecule has 13 heteroatoms. The first-order chi connectivity index (χ1) is 24.6. The Bertz CT molecular complexity index is 1530. The normalized spacial score (nSPS) is 30.8. The van der Waals surface area contributed by atoms with E-state index in [0.29, 0.717) is 38.6 Å². The topological polar surface area (TPSA) is 171 Å². The molecule has 6 aliphatic rings. The number of fused-ring (bicyclic) bond motifs is 1. The zero-order valence-corrected chi connectivity index (χ0v) is 32.3. The summed E-state index contributed by atoms with van der Waals surface area (Å²) in [7, 11) is -3.39. The molecule has 290 valence electrons. The fraction of sp³-hybridized carbons (Fsp3) is 0.821. The van der Waals surface area contributed by atoms with Gasteiger partial charge < -0.3 is 26.2 Å². The van der Waals surface area contributed by atoms with Crippen molar-refractivity contribution < 1.29 is 32.4 Å². The van der Waals surface area contributed by atoms with Crippen LogP contribution in [0, 0.1) is 28.6 Å². The summed E-state index contributed by atoms with van der Waals surface area (Å²) in [6, 6.07) is -3.31. The van der Waals surface area contributed by atoms with Crippen LogP contribution < -0.4 is 21.3 Å². The lowest BCUT2D eigenvalue weighted by Gasteiger charge is -2.46. The Morgan fingerprint density at radius 3 is 2.13 bits per heavy atom. The molecule has 4 saturated carbocycles. The summed E-state index contributed by atoms with van der Waals surface area (Å²) >= 11 is 0. The zero-order valence-electron chi connectivity index (χ0n) is 31.5. The monoisotopic (exact) mass is 743 g/mol. The zero-order chi connectivity index (χ0) is 37.5. The molecule has 2 saturated heterocycles. The summed E-state index contributed by atoms with van der Waals surface area (Å²) in [4.78, 5) is 71.1. The molecule has 2 aliphatic heterocycles. The van der Waals surface area contributed by atoms with Crippen molar-refractivity contribution in [1.29, 1.82) is 0 Å². The minimum atomic E-state index is -3.39.